The molecule has 0 saturated carbocycles. The third-order valence-corrected chi connectivity index (χ3v) is 6.01. The summed E-state index contributed by atoms with van der Waals surface area (Å²) in [6, 6.07) is 17.8. The molecule has 3 aromatic heterocycles. The summed E-state index contributed by atoms with van der Waals surface area (Å²) in [7, 11) is 1.81. The summed E-state index contributed by atoms with van der Waals surface area (Å²) >= 11 is 0. The number of nitriles is 1. The van der Waals surface area contributed by atoms with Crippen molar-refractivity contribution in [1.82, 2.24) is 24.5 Å². The molecule has 0 bridgehead atoms. The predicted molar refractivity (Wildman–Crippen MR) is 148 cm³/mol. The minimum absolute atomic E-state index is 0.0283. The van der Waals surface area contributed by atoms with Crippen molar-refractivity contribution in [2.75, 3.05) is 10.6 Å². The number of hydrogen-bond donors (Lipinski definition) is 2. The van der Waals surface area contributed by atoms with Crippen molar-refractivity contribution in [3.05, 3.63) is 90.6 Å². The molecular formula is C29H25FN8O2. The van der Waals surface area contributed by atoms with Crippen molar-refractivity contribution >= 4 is 17.4 Å². The summed E-state index contributed by atoms with van der Waals surface area (Å²) < 4.78 is 24.2. The second kappa shape index (κ2) is 11.1. The molecule has 5 aromatic rings. The molecule has 0 aliphatic heterocycles. The zero-order chi connectivity index (χ0) is 28.2. The summed E-state index contributed by atoms with van der Waals surface area (Å²) in [5, 5.41) is 23.3. The zero-order valence-corrected chi connectivity index (χ0v) is 22.0. The first-order valence-electron chi connectivity index (χ1n) is 12.4. The Morgan fingerprint density at radius 1 is 1.02 bits per heavy atom. The van der Waals surface area contributed by atoms with Crippen LogP contribution >= 0.6 is 0 Å². The highest BCUT2D eigenvalue weighted by atomic mass is 19.1. The van der Waals surface area contributed by atoms with Gasteiger partial charge in [0.25, 0.3) is 0 Å². The van der Waals surface area contributed by atoms with Gasteiger partial charge in [-0.25, -0.2) is 9.18 Å². The van der Waals surface area contributed by atoms with Crippen molar-refractivity contribution in [3.8, 4) is 40.2 Å². The molecule has 0 fully saturated rings. The molecule has 0 spiro atoms. The molecule has 0 saturated heterocycles. The number of carbonyl (C=O) groups excluding carboxylic acids is 1. The highest BCUT2D eigenvalue weighted by Gasteiger charge is 2.17. The highest BCUT2D eigenvalue weighted by Crippen LogP contribution is 2.30. The Morgan fingerprint density at radius 3 is 2.55 bits per heavy atom. The number of carbonyl (C=O) groups is 1. The number of urea groups is 1. The lowest BCUT2D eigenvalue weighted by Gasteiger charge is -2.11. The van der Waals surface area contributed by atoms with E-state index in [-0.39, 0.29) is 17.5 Å². The fourth-order valence-corrected chi connectivity index (χ4v) is 4.01. The smallest absolute Gasteiger partial charge is 0.323 e. The van der Waals surface area contributed by atoms with E-state index in [1.807, 2.05) is 27.0 Å². The van der Waals surface area contributed by atoms with Crippen LogP contribution in [0.3, 0.4) is 0 Å². The topological polar surface area (TPSA) is 123 Å². The molecule has 0 aliphatic carbocycles. The summed E-state index contributed by atoms with van der Waals surface area (Å²) in [6.45, 7) is 3.91. The van der Waals surface area contributed by atoms with Crippen molar-refractivity contribution < 1.29 is 13.9 Å². The first-order valence-corrected chi connectivity index (χ1v) is 12.4. The third-order valence-electron chi connectivity index (χ3n) is 6.01. The summed E-state index contributed by atoms with van der Waals surface area (Å²) in [5.41, 5.74) is 3.49. The molecule has 11 heteroatoms. The van der Waals surface area contributed by atoms with E-state index < -0.39 is 11.8 Å². The van der Waals surface area contributed by atoms with Gasteiger partial charge >= 0.3 is 6.03 Å². The van der Waals surface area contributed by atoms with Gasteiger partial charge in [0.1, 0.15) is 23.0 Å². The van der Waals surface area contributed by atoms with Gasteiger partial charge in [-0.3, -0.25) is 14.3 Å². The Bertz CT molecular complexity index is 1730. The average molecular weight is 537 g/mol. The molecule has 40 heavy (non-hydrogen) atoms. The van der Waals surface area contributed by atoms with Gasteiger partial charge in [0.15, 0.2) is 0 Å². The number of rotatable bonds is 7. The van der Waals surface area contributed by atoms with Crippen LogP contribution in [0.5, 0.6) is 11.5 Å². The lowest BCUT2D eigenvalue weighted by molar-refractivity contribution is 0.262. The van der Waals surface area contributed by atoms with Gasteiger partial charge in [-0.15, -0.1) is 0 Å². The number of benzene rings is 2. The Hall–Kier alpha value is -5.50. The van der Waals surface area contributed by atoms with Gasteiger partial charge in [0.2, 0.25) is 0 Å². The fourth-order valence-electron chi connectivity index (χ4n) is 4.01. The minimum Gasteiger partial charge on any atom is -0.457 e. The Morgan fingerprint density at radius 2 is 1.82 bits per heavy atom. The number of halogens is 1. The minimum atomic E-state index is -0.673. The molecule has 5 rings (SSSR count). The number of amides is 2. The number of aryl methyl sites for hydroxylation is 1. The van der Waals surface area contributed by atoms with Crippen LogP contribution in [0, 0.1) is 17.1 Å². The third kappa shape index (κ3) is 5.66. The molecule has 0 aliphatic rings. The fraction of sp³-hybridized carbons (Fsp3) is 0.138. The maximum absolute atomic E-state index is 15.0. The number of nitrogens with one attached hydrogen (secondary N) is 2. The van der Waals surface area contributed by atoms with Gasteiger partial charge in [-0.1, -0.05) is 12.1 Å². The maximum atomic E-state index is 15.0. The van der Waals surface area contributed by atoms with Crippen LogP contribution in [0.15, 0.2) is 79.3 Å². The highest BCUT2D eigenvalue weighted by molar-refractivity contribution is 6.02. The molecule has 200 valence electrons. The number of pyridine rings is 1. The van der Waals surface area contributed by atoms with Gasteiger partial charge in [0.05, 0.1) is 34.4 Å². The predicted octanol–water partition coefficient (Wildman–Crippen LogP) is 6.37. The normalized spacial score (nSPS) is 10.8. The van der Waals surface area contributed by atoms with Crippen LogP contribution in [0.1, 0.15) is 25.5 Å². The lowest BCUT2D eigenvalue weighted by Crippen LogP contribution is -2.20. The molecule has 2 N–H and O–H groups in total. The number of nitrogens with zero attached hydrogens (tertiary/aromatic N) is 6. The number of hydrogen-bond acceptors (Lipinski definition) is 6. The molecule has 0 atom stereocenters. The Kier molecular flexibility index (Phi) is 7.24. The van der Waals surface area contributed by atoms with Crippen molar-refractivity contribution in [3.63, 3.8) is 0 Å². The SMILES string of the molecule is CC(C)n1cc(NC(=O)Nc2ccc(Oc3ccnc(-c4ccnn4C)c3)cc2F)c(-c2cccc(C#N)c2)n1. The molecule has 10 nitrogen and oxygen atoms in total. The average Bonchev–Trinajstić information content (AvgIpc) is 3.57. The van der Waals surface area contributed by atoms with E-state index in [2.05, 4.69) is 31.9 Å². The summed E-state index contributed by atoms with van der Waals surface area (Å²) in [5.74, 6) is 0.0519. The molecular weight excluding hydrogens is 511 g/mol. The van der Waals surface area contributed by atoms with E-state index in [0.717, 1.165) is 5.69 Å². The van der Waals surface area contributed by atoms with Crippen molar-refractivity contribution in [2.24, 2.45) is 7.05 Å². The van der Waals surface area contributed by atoms with E-state index in [0.29, 0.717) is 34.0 Å². The van der Waals surface area contributed by atoms with Crippen LogP contribution < -0.4 is 15.4 Å². The Balaban J connectivity index is 1.31. The van der Waals surface area contributed by atoms with E-state index in [9.17, 15) is 14.4 Å². The maximum Gasteiger partial charge on any atom is 0.323 e. The van der Waals surface area contributed by atoms with Gasteiger partial charge in [-0.2, -0.15) is 15.5 Å². The van der Waals surface area contributed by atoms with E-state index in [1.165, 1.54) is 12.1 Å². The lowest BCUT2D eigenvalue weighted by atomic mass is 10.1. The largest absolute Gasteiger partial charge is 0.457 e. The van der Waals surface area contributed by atoms with Crippen LogP contribution in [-0.2, 0) is 7.05 Å². The number of ether oxygens (including phenoxy) is 1. The van der Waals surface area contributed by atoms with Gasteiger partial charge < -0.3 is 15.4 Å². The first kappa shape index (κ1) is 26.1. The first-order chi connectivity index (χ1) is 19.3. The number of anilines is 2. The quantitative estimate of drug-likeness (QED) is 0.249. The Labute approximate surface area is 229 Å². The van der Waals surface area contributed by atoms with Crippen LogP contribution in [0.2, 0.25) is 0 Å². The van der Waals surface area contributed by atoms with E-state index in [4.69, 9.17) is 4.74 Å². The summed E-state index contributed by atoms with van der Waals surface area (Å²) in [6.07, 6.45) is 4.96. The molecule has 2 aromatic carbocycles. The van der Waals surface area contributed by atoms with Crippen LogP contribution in [0.4, 0.5) is 20.6 Å². The molecule has 0 radical (unpaired) electrons. The second-order valence-corrected chi connectivity index (χ2v) is 9.20. The molecule has 0 unspecified atom stereocenters. The van der Waals surface area contributed by atoms with Gasteiger partial charge in [-0.05, 0) is 50.2 Å². The monoisotopic (exact) mass is 536 g/mol. The van der Waals surface area contributed by atoms with Crippen LogP contribution in [0.25, 0.3) is 22.6 Å². The van der Waals surface area contributed by atoms with E-state index in [1.54, 1.807) is 70.4 Å². The second-order valence-electron chi connectivity index (χ2n) is 9.20. The molecule has 2 amide bonds. The van der Waals surface area contributed by atoms with E-state index >= 15 is 0 Å². The zero-order valence-electron chi connectivity index (χ0n) is 22.0. The van der Waals surface area contributed by atoms with Crippen molar-refractivity contribution in [2.45, 2.75) is 19.9 Å². The summed E-state index contributed by atoms with van der Waals surface area (Å²) in [4.78, 5) is 17.2. The number of aromatic nitrogens is 5. The van der Waals surface area contributed by atoms with Crippen molar-refractivity contribution in [1.29, 1.82) is 5.26 Å². The van der Waals surface area contributed by atoms with Gasteiger partial charge in [0, 0.05) is 49.4 Å². The van der Waals surface area contributed by atoms with Crippen LogP contribution in [-0.4, -0.2) is 30.6 Å². The standard InChI is InChI=1S/C29H25FN8O2/c1-18(2)38-17-26(28(36-38)20-6-4-5-19(13-20)16-31)35-29(39)34-24-8-7-21(14-23(24)30)40-22-9-11-32-25(15-22)27-10-12-33-37(27)3/h4-15,17-18H,1-3H3,(H2,34,35,39). The molecule has 3 heterocycles.